The van der Waals surface area contributed by atoms with Crippen LogP contribution in [0.15, 0.2) is 34.7 Å². The molecule has 2 rings (SSSR count). The van der Waals surface area contributed by atoms with Crippen molar-refractivity contribution in [1.82, 2.24) is 5.32 Å². The average molecular weight is 317 g/mol. The fourth-order valence-electron chi connectivity index (χ4n) is 2.32. The third-order valence-corrected chi connectivity index (χ3v) is 3.57. The molecule has 0 bridgehead atoms. The summed E-state index contributed by atoms with van der Waals surface area (Å²) in [6.07, 6.45) is -0.221. The molecular formula is C18H23NO4. The maximum Gasteiger partial charge on any atom is 0.257 e. The van der Waals surface area contributed by atoms with E-state index in [1.54, 1.807) is 0 Å². The largest absolute Gasteiger partial charge is 0.484 e. The molecule has 5 nitrogen and oxygen atoms in total. The van der Waals surface area contributed by atoms with Crippen LogP contribution in [0.3, 0.4) is 0 Å². The van der Waals surface area contributed by atoms with Gasteiger partial charge in [0.25, 0.3) is 5.91 Å². The van der Waals surface area contributed by atoms with Gasteiger partial charge < -0.3 is 19.6 Å². The standard InChI is InChI=1S/C18H23NO4/c1-12-4-6-15(7-5-12)22-11-18(21)19-9-8-17(20)16-10-13(2)23-14(16)3/h4-7,10,17,20H,8-9,11H2,1-3H3,(H,19,21). The third-order valence-electron chi connectivity index (χ3n) is 3.57. The molecule has 0 saturated carbocycles. The molecule has 1 heterocycles. The SMILES string of the molecule is Cc1ccc(OCC(=O)NCCC(O)c2cc(C)oc2C)cc1. The summed E-state index contributed by atoms with van der Waals surface area (Å²) in [5.41, 5.74) is 1.91. The summed E-state index contributed by atoms with van der Waals surface area (Å²) in [6, 6.07) is 9.34. The van der Waals surface area contributed by atoms with Crippen molar-refractivity contribution in [3.63, 3.8) is 0 Å². The van der Waals surface area contributed by atoms with E-state index in [1.807, 2.05) is 51.1 Å². The van der Waals surface area contributed by atoms with Gasteiger partial charge in [-0.2, -0.15) is 0 Å². The molecule has 0 aliphatic carbocycles. The number of furan rings is 1. The number of aliphatic hydroxyl groups is 1. The second kappa shape index (κ2) is 7.83. The topological polar surface area (TPSA) is 71.7 Å². The predicted molar refractivity (Wildman–Crippen MR) is 87.4 cm³/mol. The van der Waals surface area contributed by atoms with Crippen molar-refractivity contribution < 1.29 is 19.1 Å². The van der Waals surface area contributed by atoms with Crippen LogP contribution in [0.1, 0.15) is 35.2 Å². The van der Waals surface area contributed by atoms with Crippen molar-refractivity contribution in [2.24, 2.45) is 0 Å². The first-order valence-corrected chi connectivity index (χ1v) is 7.67. The van der Waals surface area contributed by atoms with E-state index in [9.17, 15) is 9.90 Å². The Balaban J connectivity index is 1.70. The smallest absolute Gasteiger partial charge is 0.257 e. The summed E-state index contributed by atoms with van der Waals surface area (Å²) in [5.74, 6) is 1.93. The van der Waals surface area contributed by atoms with Gasteiger partial charge in [-0.1, -0.05) is 17.7 Å². The first-order chi connectivity index (χ1) is 11.0. The molecule has 2 aromatic rings. The van der Waals surface area contributed by atoms with E-state index >= 15 is 0 Å². The summed E-state index contributed by atoms with van der Waals surface area (Å²) < 4.78 is 10.8. The second-order valence-corrected chi connectivity index (χ2v) is 5.62. The van der Waals surface area contributed by atoms with Gasteiger partial charge in [-0.15, -0.1) is 0 Å². The number of carbonyl (C=O) groups is 1. The number of benzene rings is 1. The lowest BCUT2D eigenvalue weighted by Crippen LogP contribution is -2.30. The van der Waals surface area contributed by atoms with Gasteiger partial charge in [-0.25, -0.2) is 0 Å². The van der Waals surface area contributed by atoms with Crippen molar-refractivity contribution in [2.45, 2.75) is 33.3 Å². The Morgan fingerprint density at radius 3 is 2.57 bits per heavy atom. The molecule has 1 amide bonds. The van der Waals surface area contributed by atoms with Crippen LogP contribution < -0.4 is 10.1 Å². The van der Waals surface area contributed by atoms with Crippen molar-refractivity contribution in [3.8, 4) is 5.75 Å². The fourth-order valence-corrected chi connectivity index (χ4v) is 2.32. The van der Waals surface area contributed by atoms with Crippen LogP contribution in [0.25, 0.3) is 0 Å². The van der Waals surface area contributed by atoms with E-state index in [0.717, 1.165) is 16.9 Å². The minimum absolute atomic E-state index is 0.0387. The highest BCUT2D eigenvalue weighted by Gasteiger charge is 2.14. The number of hydrogen-bond donors (Lipinski definition) is 2. The van der Waals surface area contributed by atoms with E-state index in [1.165, 1.54) is 0 Å². The Kier molecular flexibility index (Phi) is 5.82. The molecular weight excluding hydrogens is 294 g/mol. The number of aryl methyl sites for hydroxylation is 3. The lowest BCUT2D eigenvalue weighted by Gasteiger charge is -2.11. The third kappa shape index (κ3) is 5.14. The zero-order chi connectivity index (χ0) is 16.8. The number of hydrogen-bond acceptors (Lipinski definition) is 4. The molecule has 0 aliphatic rings. The monoisotopic (exact) mass is 317 g/mol. The maximum atomic E-state index is 11.7. The molecule has 0 radical (unpaired) electrons. The van der Waals surface area contributed by atoms with Gasteiger partial charge in [-0.05, 0) is 45.4 Å². The number of ether oxygens (including phenoxy) is 1. The number of amides is 1. The van der Waals surface area contributed by atoms with E-state index in [-0.39, 0.29) is 12.5 Å². The molecule has 1 unspecified atom stereocenters. The Bertz CT molecular complexity index is 646. The molecule has 1 atom stereocenters. The number of nitrogens with one attached hydrogen (secondary N) is 1. The normalized spacial score (nSPS) is 12.0. The quantitative estimate of drug-likeness (QED) is 0.824. The average Bonchev–Trinajstić information content (AvgIpc) is 2.85. The molecule has 23 heavy (non-hydrogen) atoms. The fraction of sp³-hybridized carbons (Fsp3) is 0.389. The summed E-state index contributed by atoms with van der Waals surface area (Å²) >= 11 is 0. The van der Waals surface area contributed by atoms with Crippen LogP contribution in [0.4, 0.5) is 0 Å². The predicted octanol–water partition coefficient (Wildman–Crippen LogP) is 2.82. The zero-order valence-corrected chi connectivity index (χ0v) is 13.8. The molecule has 5 heteroatoms. The highest BCUT2D eigenvalue weighted by Crippen LogP contribution is 2.23. The number of aliphatic hydroxyl groups excluding tert-OH is 1. The van der Waals surface area contributed by atoms with Crippen molar-refractivity contribution in [2.75, 3.05) is 13.2 Å². The van der Waals surface area contributed by atoms with Gasteiger partial charge in [-0.3, -0.25) is 4.79 Å². The second-order valence-electron chi connectivity index (χ2n) is 5.62. The van der Waals surface area contributed by atoms with Crippen LogP contribution in [0.2, 0.25) is 0 Å². The van der Waals surface area contributed by atoms with Crippen LogP contribution in [-0.2, 0) is 4.79 Å². The highest BCUT2D eigenvalue weighted by molar-refractivity contribution is 5.77. The lowest BCUT2D eigenvalue weighted by atomic mass is 10.1. The molecule has 0 saturated heterocycles. The van der Waals surface area contributed by atoms with Crippen LogP contribution in [0, 0.1) is 20.8 Å². The van der Waals surface area contributed by atoms with Crippen LogP contribution >= 0.6 is 0 Å². The van der Waals surface area contributed by atoms with E-state index in [2.05, 4.69) is 5.32 Å². The minimum atomic E-state index is -0.647. The van der Waals surface area contributed by atoms with Crippen LogP contribution in [-0.4, -0.2) is 24.2 Å². The molecule has 1 aromatic heterocycles. The zero-order valence-electron chi connectivity index (χ0n) is 13.8. The van der Waals surface area contributed by atoms with Crippen LogP contribution in [0.5, 0.6) is 5.75 Å². The van der Waals surface area contributed by atoms with Gasteiger partial charge in [0.05, 0.1) is 6.10 Å². The number of carbonyl (C=O) groups excluding carboxylic acids is 1. The molecule has 0 aliphatic heterocycles. The first-order valence-electron chi connectivity index (χ1n) is 7.67. The lowest BCUT2D eigenvalue weighted by molar-refractivity contribution is -0.123. The summed E-state index contributed by atoms with van der Waals surface area (Å²) in [4.78, 5) is 11.7. The maximum absolute atomic E-state index is 11.7. The van der Waals surface area contributed by atoms with E-state index in [0.29, 0.717) is 24.5 Å². The Labute approximate surface area is 136 Å². The molecule has 0 spiro atoms. The molecule has 2 N–H and O–H groups in total. The van der Waals surface area contributed by atoms with E-state index < -0.39 is 6.10 Å². The molecule has 1 aromatic carbocycles. The van der Waals surface area contributed by atoms with Gasteiger partial charge in [0.1, 0.15) is 17.3 Å². The minimum Gasteiger partial charge on any atom is -0.484 e. The van der Waals surface area contributed by atoms with Crippen molar-refractivity contribution in [1.29, 1.82) is 0 Å². The molecule has 0 fully saturated rings. The molecule has 124 valence electrons. The first kappa shape index (κ1) is 17.1. The Morgan fingerprint density at radius 1 is 1.26 bits per heavy atom. The summed E-state index contributed by atoms with van der Waals surface area (Å²) in [6.45, 7) is 5.99. The number of rotatable bonds is 7. The van der Waals surface area contributed by atoms with Gasteiger partial charge in [0.2, 0.25) is 0 Å². The van der Waals surface area contributed by atoms with E-state index in [4.69, 9.17) is 9.15 Å². The van der Waals surface area contributed by atoms with Gasteiger partial charge in [0, 0.05) is 12.1 Å². The van der Waals surface area contributed by atoms with Crippen molar-refractivity contribution in [3.05, 3.63) is 53.0 Å². The van der Waals surface area contributed by atoms with Gasteiger partial charge >= 0.3 is 0 Å². The summed E-state index contributed by atoms with van der Waals surface area (Å²) in [5, 5.41) is 12.9. The summed E-state index contributed by atoms with van der Waals surface area (Å²) in [7, 11) is 0. The Hall–Kier alpha value is -2.27. The Morgan fingerprint density at radius 2 is 1.96 bits per heavy atom. The highest BCUT2D eigenvalue weighted by atomic mass is 16.5. The van der Waals surface area contributed by atoms with Crippen molar-refractivity contribution >= 4 is 5.91 Å². The van der Waals surface area contributed by atoms with Gasteiger partial charge in [0.15, 0.2) is 6.61 Å².